The maximum Gasteiger partial charge on any atom is 0.407 e. The van der Waals surface area contributed by atoms with Crippen LogP contribution >= 0.6 is 0 Å². The summed E-state index contributed by atoms with van der Waals surface area (Å²) in [5.74, 6) is 1.10. The van der Waals surface area contributed by atoms with Crippen molar-refractivity contribution >= 4 is 12.0 Å². The normalized spacial score (nSPS) is 19.8. The molecule has 11 nitrogen and oxygen atoms in total. The van der Waals surface area contributed by atoms with E-state index < -0.39 is 29.8 Å². The molecule has 3 N–H and O–H groups in total. The van der Waals surface area contributed by atoms with Crippen molar-refractivity contribution in [3.8, 4) is 11.5 Å². The van der Waals surface area contributed by atoms with Crippen LogP contribution in [0.1, 0.15) is 80.2 Å². The molecular weight excluding hydrogens is 602 g/mol. The molecule has 1 aliphatic heterocycles. The van der Waals surface area contributed by atoms with Gasteiger partial charge in [-0.25, -0.2) is 4.79 Å². The quantitative estimate of drug-likeness (QED) is 0.178. The summed E-state index contributed by atoms with van der Waals surface area (Å²) in [6.07, 6.45) is 0.937. The number of morpholine rings is 1. The first kappa shape index (κ1) is 40.6. The molecule has 1 aromatic rings. The zero-order valence-electron chi connectivity index (χ0n) is 30.6. The van der Waals surface area contributed by atoms with E-state index in [2.05, 4.69) is 43.2 Å². The van der Waals surface area contributed by atoms with E-state index in [-0.39, 0.29) is 36.4 Å². The molecule has 1 heterocycles. The highest BCUT2D eigenvalue weighted by atomic mass is 16.6. The van der Waals surface area contributed by atoms with Crippen molar-refractivity contribution in [1.82, 2.24) is 15.5 Å². The minimum absolute atomic E-state index is 0.0989. The van der Waals surface area contributed by atoms with Gasteiger partial charge in [0, 0.05) is 52.2 Å². The molecule has 1 aliphatic rings. The van der Waals surface area contributed by atoms with E-state index in [1.54, 1.807) is 35.0 Å². The summed E-state index contributed by atoms with van der Waals surface area (Å²) in [7, 11) is 3.29. The molecule has 6 atom stereocenters. The van der Waals surface area contributed by atoms with Gasteiger partial charge in [-0.05, 0) is 83.4 Å². The van der Waals surface area contributed by atoms with Crippen LogP contribution in [0, 0.1) is 17.8 Å². The average molecular weight is 666 g/mol. The van der Waals surface area contributed by atoms with Crippen LogP contribution in [0.3, 0.4) is 0 Å². The third kappa shape index (κ3) is 15.4. The van der Waals surface area contributed by atoms with Crippen LogP contribution in [0.25, 0.3) is 0 Å². The van der Waals surface area contributed by atoms with Crippen LogP contribution in [-0.2, 0) is 25.4 Å². The van der Waals surface area contributed by atoms with Crippen LogP contribution in [0.5, 0.6) is 11.5 Å². The molecule has 0 aromatic heterocycles. The average Bonchev–Trinajstić information content (AvgIpc) is 2.97. The lowest BCUT2D eigenvalue weighted by atomic mass is 9.82. The van der Waals surface area contributed by atoms with Crippen molar-refractivity contribution in [3.05, 3.63) is 23.8 Å². The highest BCUT2D eigenvalue weighted by Gasteiger charge is 2.31. The zero-order chi connectivity index (χ0) is 35.1. The Balaban J connectivity index is 2.11. The molecule has 0 spiro atoms. The minimum Gasteiger partial charge on any atom is -0.493 e. The number of ether oxygens (including phenoxy) is 5. The van der Waals surface area contributed by atoms with Crippen molar-refractivity contribution in [3.63, 3.8) is 0 Å². The molecule has 47 heavy (non-hydrogen) atoms. The topological polar surface area (TPSA) is 128 Å². The predicted molar refractivity (Wildman–Crippen MR) is 184 cm³/mol. The lowest BCUT2D eigenvalue weighted by molar-refractivity contribution is -0.125. The van der Waals surface area contributed by atoms with Crippen molar-refractivity contribution in [2.45, 2.75) is 111 Å². The maximum atomic E-state index is 13.0. The van der Waals surface area contributed by atoms with E-state index in [1.165, 1.54) is 0 Å². The van der Waals surface area contributed by atoms with Gasteiger partial charge in [-0.1, -0.05) is 26.8 Å². The van der Waals surface area contributed by atoms with Gasteiger partial charge in [-0.2, -0.15) is 0 Å². The smallest absolute Gasteiger partial charge is 0.407 e. The number of amides is 2. The van der Waals surface area contributed by atoms with Gasteiger partial charge >= 0.3 is 6.09 Å². The number of aliphatic hydroxyl groups is 1. The Morgan fingerprint density at radius 2 is 1.72 bits per heavy atom. The Bertz CT molecular complexity index is 1070. The molecule has 2 rings (SSSR count). The first-order chi connectivity index (χ1) is 22.1. The van der Waals surface area contributed by atoms with E-state index in [4.69, 9.17) is 23.7 Å². The van der Waals surface area contributed by atoms with Crippen LogP contribution in [0.15, 0.2) is 18.2 Å². The van der Waals surface area contributed by atoms with Crippen LogP contribution in [-0.4, -0.2) is 106 Å². The van der Waals surface area contributed by atoms with E-state index >= 15 is 0 Å². The number of nitrogens with zero attached hydrogens (tertiary/aromatic N) is 1. The number of hydrogen-bond acceptors (Lipinski definition) is 9. The van der Waals surface area contributed by atoms with Crippen molar-refractivity contribution in [1.29, 1.82) is 0 Å². The second kappa shape index (κ2) is 20.0. The second-order valence-electron chi connectivity index (χ2n) is 14.4. The number of hydrogen-bond donors (Lipinski definition) is 3. The standard InChI is InChI=1S/C36H63N3O8/c1-24(2)29(19-28-12-13-32(44-10)33(20-28)45-17-11-16-43-9)21-30(38-35(42)47-36(6,7)8)31(40)18-25(3)34(41)37-14-15-39-22-26(4)46-27(5)23-39/h12-13,20,24-27,29-31,40H,11,14-19,21-23H2,1-10H3,(H,37,41)(H,38,42)/t25-,26+,27+,29+,30+,31+/m1/s1. The Morgan fingerprint density at radius 1 is 1.04 bits per heavy atom. The number of carbonyl (C=O) groups is 2. The van der Waals surface area contributed by atoms with E-state index in [0.29, 0.717) is 44.1 Å². The molecule has 0 bridgehead atoms. The van der Waals surface area contributed by atoms with Crippen LogP contribution < -0.4 is 20.1 Å². The van der Waals surface area contributed by atoms with Gasteiger partial charge in [-0.15, -0.1) is 0 Å². The van der Waals surface area contributed by atoms with Gasteiger partial charge < -0.3 is 39.4 Å². The highest BCUT2D eigenvalue weighted by Crippen LogP contribution is 2.32. The first-order valence-corrected chi connectivity index (χ1v) is 17.2. The van der Waals surface area contributed by atoms with E-state index in [0.717, 1.165) is 31.6 Å². The summed E-state index contributed by atoms with van der Waals surface area (Å²) >= 11 is 0. The third-order valence-electron chi connectivity index (χ3n) is 8.41. The Labute approximate surface area is 283 Å². The molecule has 2 amide bonds. The molecule has 1 fully saturated rings. The molecule has 11 heteroatoms. The molecule has 1 aromatic carbocycles. The zero-order valence-corrected chi connectivity index (χ0v) is 30.6. The van der Waals surface area contributed by atoms with E-state index in [9.17, 15) is 14.7 Å². The fraction of sp³-hybridized carbons (Fsp3) is 0.778. The number of aliphatic hydroxyl groups excluding tert-OH is 1. The summed E-state index contributed by atoms with van der Waals surface area (Å²) in [6, 6.07) is 5.31. The third-order valence-corrected chi connectivity index (χ3v) is 8.41. The second-order valence-corrected chi connectivity index (χ2v) is 14.4. The van der Waals surface area contributed by atoms with Gasteiger partial charge in [0.15, 0.2) is 11.5 Å². The van der Waals surface area contributed by atoms with Crippen LogP contribution in [0.2, 0.25) is 0 Å². The predicted octanol–water partition coefficient (Wildman–Crippen LogP) is 4.82. The highest BCUT2D eigenvalue weighted by molar-refractivity contribution is 5.78. The fourth-order valence-electron chi connectivity index (χ4n) is 5.95. The summed E-state index contributed by atoms with van der Waals surface area (Å²) < 4.78 is 28.0. The molecule has 1 saturated heterocycles. The number of rotatable bonds is 19. The summed E-state index contributed by atoms with van der Waals surface area (Å²) in [5, 5.41) is 17.5. The van der Waals surface area contributed by atoms with Crippen molar-refractivity contribution < 1.29 is 38.4 Å². The molecule has 0 saturated carbocycles. The molecular formula is C36H63N3O8. The molecule has 0 unspecified atom stereocenters. The lowest BCUT2D eigenvalue weighted by Gasteiger charge is -2.35. The van der Waals surface area contributed by atoms with Gasteiger partial charge in [0.25, 0.3) is 0 Å². The van der Waals surface area contributed by atoms with Gasteiger partial charge in [-0.3, -0.25) is 9.69 Å². The Kier molecular flexibility index (Phi) is 17.3. The summed E-state index contributed by atoms with van der Waals surface area (Å²) in [6.45, 7) is 19.7. The number of alkyl carbamates (subject to hydrolysis) is 1. The summed E-state index contributed by atoms with van der Waals surface area (Å²) in [5.41, 5.74) is 0.372. The Hall–Kier alpha value is -2.60. The van der Waals surface area contributed by atoms with Crippen molar-refractivity contribution in [2.24, 2.45) is 17.8 Å². The number of nitrogens with one attached hydrogen (secondary N) is 2. The van der Waals surface area contributed by atoms with Gasteiger partial charge in [0.05, 0.1) is 38.1 Å². The SMILES string of the molecule is COCCCOc1cc(C[C@@H](C[C@H](NC(=O)OC(C)(C)C)[C@@H](O)C[C@@H](C)C(=O)NCCN2C[C@H](C)O[C@@H](C)C2)C(C)C)ccc1OC. The number of carbonyl (C=O) groups excluding carboxylic acids is 2. The number of methoxy groups -OCH3 is 2. The van der Waals surface area contributed by atoms with Crippen LogP contribution in [0.4, 0.5) is 4.79 Å². The van der Waals surface area contributed by atoms with Gasteiger partial charge in [0.1, 0.15) is 5.60 Å². The fourth-order valence-corrected chi connectivity index (χ4v) is 5.95. The Morgan fingerprint density at radius 3 is 2.32 bits per heavy atom. The largest absolute Gasteiger partial charge is 0.493 e. The lowest BCUT2D eigenvalue weighted by Crippen LogP contribution is -2.49. The van der Waals surface area contributed by atoms with Crippen molar-refractivity contribution in [2.75, 3.05) is 53.6 Å². The molecule has 270 valence electrons. The molecule has 0 radical (unpaired) electrons. The number of benzene rings is 1. The first-order valence-electron chi connectivity index (χ1n) is 17.2. The maximum absolute atomic E-state index is 13.0. The van der Waals surface area contributed by atoms with Gasteiger partial charge in [0.2, 0.25) is 5.91 Å². The van der Waals surface area contributed by atoms with E-state index in [1.807, 2.05) is 25.1 Å². The summed E-state index contributed by atoms with van der Waals surface area (Å²) in [4.78, 5) is 28.3. The molecule has 0 aliphatic carbocycles. The monoisotopic (exact) mass is 665 g/mol. The minimum atomic E-state index is -0.957.